The molecule has 1 aliphatic rings. The number of ether oxygens (including phenoxy) is 2. The van der Waals surface area contributed by atoms with Crippen molar-refractivity contribution in [2.24, 2.45) is 10.9 Å². The quantitative estimate of drug-likeness (QED) is 0.227. The largest absolute Gasteiger partial charge is 0.381 e. The normalized spacial score (nSPS) is 15.3. The predicted octanol–water partition coefficient (Wildman–Crippen LogP) is 3.37. The Labute approximate surface area is 179 Å². The van der Waals surface area contributed by atoms with Crippen molar-refractivity contribution in [3.63, 3.8) is 0 Å². The van der Waals surface area contributed by atoms with E-state index in [1.54, 1.807) is 19.2 Å². The van der Waals surface area contributed by atoms with E-state index in [0.717, 1.165) is 83.1 Å². The molecule has 0 bridgehead atoms. The van der Waals surface area contributed by atoms with Gasteiger partial charge >= 0.3 is 0 Å². The molecule has 1 fully saturated rings. The number of aliphatic imine (C=N–C) groups is 1. The molecule has 5 nitrogen and oxygen atoms in total. The fourth-order valence-electron chi connectivity index (χ4n) is 2.96. The van der Waals surface area contributed by atoms with Gasteiger partial charge in [0.05, 0.1) is 0 Å². The smallest absolute Gasteiger partial charge is 0.190 e. The van der Waals surface area contributed by atoms with Crippen molar-refractivity contribution in [1.29, 1.82) is 0 Å². The summed E-state index contributed by atoms with van der Waals surface area (Å²) in [5, 5.41) is 6.58. The third kappa shape index (κ3) is 10.8. The maximum absolute atomic E-state index is 13.1. The summed E-state index contributed by atoms with van der Waals surface area (Å²) < 4.78 is 24.2. The van der Waals surface area contributed by atoms with Crippen LogP contribution in [-0.4, -0.2) is 52.5 Å². The van der Waals surface area contributed by atoms with Crippen molar-refractivity contribution in [3.8, 4) is 0 Å². The molecule has 0 spiro atoms. The average Bonchev–Trinajstić information content (AvgIpc) is 2.67. The van der Waals surface area contributed by atoms with Crippen LogP contribution in [0.15, 0.2) is 29.3 Å². The topological polar surface area (TPSA) is 54.9 Å². The Bertz CT molecular complexity index is 540. The van der Waals surface area contributed by atoms with E-state index < -0.39 is 0 Å². The molecular weight excluding hydrogens is 460 g/mol. The summed E-state index contributed by atoms with van der Waals surface area (Å²) in [5.41, 5.74) is 1.02. The van der Waals surface area contributed by atoms with Gasteiger partial charge in [0.15, 0.2) is 5.96 Å². The molecule has 27 heavy (non-hydrogen) atoms. The first-order chi connectivity index (χ1) is 12.8. The van der Waals surface area contributed by atoms with E-state index in [2.05, 4.69) is 15.6 Å². The lowest BCUT2D eigenvalue weighted by Gasteiger charge is -2.21. The number of rotatable bonds is 10. The van der Waals surface area contributed by atoms with Gasteiger partial charge in [-0.1, -0.05) is 12.1 Å². The van der Waals surface area contributed by atoms with Gasteiger partial charge in [-0.05, 0) is 55.7 Å². The van der Waals surface area contributed by atoms with E-state index in [0.29, 0.717) is 5.92 Å². The van der Waals surface area contributed by atoms with Crippen molar-refractivity contribution >= 4 is 29.9 Å². The third-order valence-corrected chi connectivity index (χ3v) is 4.50. The molecule has 1 aromatic carbocycles. The molecule has 0 radical (unpaired) electrons. The van der Waals surface area contributed by atoms with Gasteiger partial charge in [0, 0.05) is 46.6 Å². The second kappa shape index (κ2) is 15.0. The van der Waals surface area contributed by atoms with Gasteiger partial charge in [-0.15, -0.1) is 24.0 Å². The Morgan fingerprint density at radius 3 is 2.67 bits per heavy atom. The monoisotopic (exact) mass is 493 g/mol. The Morgan fingerprint density at radius 2 is 1.96 bits per heavy atom. The van der Waals surface area contributed by atoms with Crippen LogP contribution in [0.4, 0.5) is 4.39 Å². The lowest BCUT2D eigenvalue weighted by molar-refractivity contribution is 0.0203. The Kier molecular flexibility index (Phi) is 13.4. The number of guanidine groups is 1. The van der Waals surface area contributed by atoms with Gasteiger partial charge in [0.2, 0.25) is 0 Å². The minimum atomic E-state index is -0.174. The summed E-state index contributed by atoms with van der Waals surface area (Å²) in [6, 6.07) is 6.77. The van der Waals surface area contributed by atoms with E-state index in [-0.39, 0.29) is 29.8 Å². The molecule has 7 heteroatoms. The highest BCUT2D eigenvalue weighted by Crippen LogP contribution is 2.14. The second-order valence-corrected chi connectivity index (χ2v) is 6.64. The van der Waals surface area contributed by atoms with Crippen LogP contribution in [0, 0.1) is 11.7 Å². The Hall–Kier alpha value is -0.930. The summed E-state index contributed by atoms with van der Waals surface area (Å²) in [6.07, 6.45) is 4.96. The molecule has 0 atom stereocenters. The van der Waals surface area contributed by atoms with Crippen molar-refractivity contribution in [2.75, 3.05) is 46.6 Å². The molecular formula is C20H33FIN3O2. The van der Waals surface area contributed by atoms with Gasteiger partial charge in [0.25, 0.3) is 0 Å². The molecule has 1 aromatic rings. The van der Waals surface area contributed by atoms with E-state index in [1.165, 1.54) is 6.07 Å². The van der Waals surface area contributed by atoms with Crippen LogP contribution in [0.1, 0.15) is 31.2 Å². The minimum absolute atomic E-state index is 0. The summed E-state index contributed by atoms with van der Waals surface area (Å²) in [6.45, 7) is 4.98. The highest BCUT2D eigenvalue weighted by atomic mass is 127. The molecule has 2 N–H and O–H groups in total. The number of hydrogen-bond acceptors (Lipinski definition) is 3. The van der Waals surface area contributed by atoms with Crippen LogP contribution in [0.3, 0.4) is 0 Å². The lowest BCUT2D eigenvalue weighted by Crippen LogP contribution is -2.38. The van der Waals surface area contributed by atoms with Crippen LogP contribution >= 0.6 is 24.0 Å². The van der Waals surface area contributed by atoms with Gasteiger partial charge in [-0.25, -0.2) is 4.39 Å². The zero-order valence-corrected chi connectivity index (χ0v) is 18.5. The van der Waals surface area contributed by atoms with Crippen molar-refractivity contribution in [3.05, 3.63) is 35.6 Å². The highest BCUT2D eigenvalue weighted by molar-refractivity contribution is 14.0. The van der Waals surface area contributed by atoms with E-state index in [4.69, 9.17) is 9.47 Å². The molecule has 1 heterocycles. The van der Waals surface area contributed by atoms with Crippen LogP contribution in [0.2, 0.25) is 0 Å². The molecule has 154 valence electrons. The molecule has 0 unspecified atom stereocenters. The van der Waals surface area contributed by atoms with Gasteiger partial charge in [-0.2, -0.15) is 0 Å². The molecule has 0 saturated carbocycles. The SMILES string of the molecule is CN=C(NCCCOCC1CCOCC1)NCCCc1cccc(F)c1.I. The maximum Gasteiger partial charge on any atom is 0.190 e. The Balaban J connectivity index is 0.00000364. The minimum Gasteiger partial charge on any atom is -0.381 e. The van der Waals surface area contributed by atoms with Crippen LogP contribution in [-0.2, 0) is 15.9 Å². The standard InChI is InChI=1S/C20H32FN3O2.HI/c1-22-20(23-10-3-6-17-5-2-7-19(21)15-17)24-11-4-12-26-16-18-8-13-25-14-9-18;/h2,5,7,15,18H,3-4,6,8-14,16H2,1H3,(H2,22,23,24);1H. The first-order valence-corrected chi connectivity index (χ1v) is 9.62. The first-order valence-electron chi connectivity index (χ1n) is 9.62. The first kappa shape index (κ1) is 24.1. The summed E-state index contributed by atoms with van der Waals surface area (Å²) in [7, 11) is 1.77. The average molecular weight is 493 g/mol. The number of aryl methyl sites for hydroxylation is 1. The molecule has 2 rings (SSSR count). The molecule has 1 aliphatic heterocycles. The number of benzene rings is 1. The summed E-state index contributed by atoms with van der Waals surface area (Å²) in [4.78, 5) is 4.22. The maximum atomic E-state index is 13.1. The van der Waals surface area contributed by atoms with Gasteiger partial charge in [-0.3, -0.25) is 4.99 Å². The van der Waals surface area contributed by atoms with Gasteiger partial charge < -0.3 is 20.1 Å². The van der Waals surface area contributed by atoms with E-state index in [9.17, 15) is 4.39 Å². The van der Waals surface area contributed by atoms with E-state index in [1.807, 2.05) is 6.07 Å². The third-order valence-electron chi connectivity index (χ3n) is 4.50. The predicted molar refractivity (Wildman–Crippen MR) is 118 cm³/mol. The van der Waals surface area contributed by atoms with Crippen LogP contribution < -0.4 is 10.6 Å². The number of halogens is 2. The zero-order valence-electron chi connectivity index (χ0n) is 16.2. The number of nitrogens with one attached hydrogen (secondary N) is 2. The molecule has 0 aromatic heterocycles. The number of hydrogen-bond donors (Lipinski definition) is 2. The zero-order chi connectivity index (χ0) is 18.5. The summed E-state index contributed by atoms with van der Waals surface area (Å²) in [5.74, 6) is 1.28. The fourth-order valence-corrected chi connectivity index (χ4v) is 2.96. The molecule has 0 aliphatic carbocycles. The molecule has 1 saturated heterocycles. The highest BCUT2D eigenvalue weighted by Gasteiger charge is 2.13. The number of nitrogens with zero attached hydrogens (tertiary/aromatic N) is 1. The van der Waals surface area contributed by atoms with Crippen molar-refractivity contribution in [2.45, 2.75) is 32.1 Å². The van der Waals surface area contributed by atoms with E-state index >= 15 is 0 Å². The lowest BCUT2D eigenvalue weighted by atomic mass is 10.0. The van der Waals surface area contributed by atoms with Crippen molar-refractivity contribution in [1.82, 2.24) is 10.6 Å². The Morgan fingerprint density at radius 1 is 1.22 bits per heavy atom. The van der Waals surface area contributed by atoms with Crippen molar-refractivity contribution < 1.29 is 13.9 Å². The van der Waals surface area contributed by atoms with Crippen LogP contribution in [0.25, 0.3) is 0 Å². The molecule has 0 amide bonds. The summed E-state index contributed by atoms with van der Waals surface area (Å²) >= 11 is 0. The van der Waals surface area contributed by atoms with Gasteiger partial charge in [0.1, 0.15) is 5.82 Å². The second-order valence-electron chi connectivity index (χ2n) is 6.64. The van der Waals surface area contributed by atoms with Crippen LogP contribution in [0.5, 0.6) is 0 Å². The fraction of sp³-hybridized carbons (Fsp3) is 0.650.